The summed E-state index contributed by atoms with van der Waals surface area (Å²) in [6.45, 7) is 2.68. The number of aromatic nitrogens is 4. The molecule has 9 heteroatoms. The predicted octanol–water partition coefficient (Wildman–Crippen LogP) is 3.00. The second-order valence-electron chi connectivity index (χ2n) is 7.64. The van der Waals surface area contributed by atoms with Crippen molar-refractivity contribution in [1.82, 2.24) is 25.1 Å². The number of carbonyl (C=O) groups excluding carboxylic acids is 2. The van der Waals surface area contributed by atoms with Crippen LogP contribution in [0.25, 0.3) is 11.8 Å². The highest BCUT2D eigenvalue weighted by Gasteiger charge is 2.27. The van der Waals surface area contributed by atoms with Crippen LogP contribution in [0.4, 0.5) is 10.1 Å². The molecule has 3 aromatic rings. The Labute approximate surface area is 184 Å². The van der Waals surface area contributed by atoms with Crippen molar-refractivity contribution in [2.75, 3.05) is 18.4 Å². The van der Waals surface area contributed by atoms with Gasteiger partial charge in [-0.2, -0.15) is 4.68 Å². The van der Waals surface area contributed by atoms with Gasteiger partial charge in [0.05, 0.1) is 0 Å². The van der Waals surface area contributed by atoms with Crippen molar-refractivity contribution < 1.29 is 14.0 Å². The van der Waals surface area contributed by atoms with Crippen LogP contribution < -0.4 is 5.32 Å². The summed E-state index contributed by atoms with van der Waals surface area (Å²) in [5.74, 6) is -0.490. The summed E-state index contributed by atoms with van der Waals surface area (Å²) in [7, 11) is 0. The molecule has 1 fully saturated rings. The molecule has 2 aromatic carbocycles. The van der Waals surface area contributed by atoms with Gasteiger partial charge >= 0.3 is 0 Å². The molecule has 2 amide bonds. The number of amides is 2. The monoisotopic (exact) mass is 434 g/mol. The molecule has 1 saturated heterocycles. The molecule has 32 heavy (non-hydrogen) atoms. The first-order valence-electron chi connectivity index (χ1n) is 10.4. The molecule has 4 rings (SSSR count). The van der Waals surface area contributed by atoms with Crippen molar-refractivity contribution in [3.05, 3.63) is 71.8 Å². The number of nitrogens with zero attached hydrogens (tertiary/aromatic N) is 5. The van der Waals surface area contributed by atoms with E-state index < -0.39 is 5.82 Å². The highest BCUT2D eigenvalue weighted by Crippen LogP contribution is 2.23. The Balaban J connectivity index is 1.34. The first-order valence-corrected chi connectivity index (χ1v) is 10.4. The molecule has 0 saturated carbocycles. The van der Waals surface area contributed by atoms with Crippen molar-refractivity contribution in [3.63, 3.8) is 0 Å². The van der Waals surface area contributed by atoms with E-state index in [2.05, 4.69) is 20.8 Å². The number of tetrazole rings is 1. The van der Waals surface area contributed by atoms with E-state index >= 15 is 0 Å². The number of halogens is 1. The van der Waals surface area contributed by atoms with Gasteiger partial charge in [0.1, 0.15) is 11.5 Å². The quantitative estimate of drug-likeness (QED) is 0.623. The van der Waals surface area contributed by atoms with E-state index in [1.807, 2.05) is 30.3 Å². The summed E-state index contributed by atoms with van der Waals surface area (Å²) in [6, 6.07) is 13.9. The number of nitrogens with one attached hydrogen (secondary N) is 1. The molecule has 0 radical (unpaired) electrons. The Morgan fingerprint density at radius 1 is 1.12 bits per heavy atom. The average molecular weight is 434 g/mol. The fourth-order valence-corrected chi connectivity index (χ4v) is 3.65. The largest absolute Gasteiger partial charge is 0.339 e. The Kier molecular flexibility index (Phi) is 6.34. The van der Waals surface area contributed by atoms with E-state index in [1.54, 1.807) is 24.0 Å². The molecule has 164 valence electrons. The molecule has 8 nitrogen and oxygen atoms in total. The van der Waals surface area contributed by atoms with E-state index in [4.69, 9.17) is 0 Å². The van der Waals surface area contributed by atoms with Crippen LogP contribution in [0.5, 0.6) is 0 Å². The topological polar surface area (TPSA) is 93.0 Å². The van der Waals surface area contributed by atoms with Crippen LogP contribution in [-0.4, -0.2) is 50.0 Å². The minimum atomic E-state index is -0.492. The number of rotatable bonds is 5. The maximum absolute atomic E-state index is 14.2. The zero-order chi connectivity index (χ0) is 22.5. The molecule has 1 aliphatic heterocycles. The molecule has 0 aliphatic carbocycles. The third kappa shape index (κ3) is 4.88. The SMILES string of the molecule is Cc1nnnn1-c1cc(NC(=O)C2CCN(C(=O)/C=C/c3ccccc3)CC2)ccc1F. The Morgan fingerprint density at radius 2 is 1.88 bits per heavy atom. The third-order valence-corrected chi connectivity index (χ3v) is 5.46. The number of anilines is 1. The van der Waals surface area contributed by atoms with Gasteiger partial charge in [0.2, 0.25) is 11.8 Å². The Hall–Kier alpha value is -3.88. The molecule has 0 atom stereocenters. The van der Waals surface area contributed by atoms with Crippen LogP contribution in [-0.2, 0) is 9.59 Å². The molecule has 0 bridgehead atoms. The molecule has 1 aliphatic rings. The molecular weight excluding hydrogens is 411 g/mol. The zero-order valence-corrected chi connectivity index (χ0v) is 17.6. The van der Waals surface area contributed by atoms with Gasteiger partial charge in [0.15, 0.2) is 5.82 Å². The van der Waals surface area contributed by atoms with E-state index in [-0.39, 0.29) is 23.4 Å². The summed E-state index contributed by atoms with van der Waals surface area (Å²) in [5, 5.41) is 13.9. The molecule has 0 unspecified atom stereocenters. The number of likely N-dealkylation sites (tertiary alicyclic amines) is 1. The average Bonchev–Trinajstić information content (AvgIpc) is 3.25. The van der Waals surface area contributed by atoms with Gasteiger partial charge in [-0.3, -0.25) is 9.59 Å². The van der Waals surface area contributed by atoms with Crippen LogP contribution in [0.1, 0.15) is 24.2 Å². The van der Waals surface area contributed by atoms with E-state index in [0.29, 0.717) is 37.4 Å². The van der Waals surface area contributed by atoms with Crippen molar-refractivity contribution in [1.29, 1.82) is 0 Å². The third-order valence-electron chi connectivity index (χ3n) is 5.46. The lowest BCUT2D eigenvalue weighted by molar-refractivity contribution is -0.130. The lowest BCUT2D eigenvalue weighted by atomic mass is 9.95. The maximum atomic E-state index is 14.2. The molecule has 0 spiro atoms. The summed E-state index contributed by atoms with van der Waals surface area (Å²) >= 11 is 0. The lowest BCUT2D eigenvalue weighted by Crippen LogP contribution is -2.40. The second-order valence-corrected chi connectivity index (χ2v) is 7.64. The number of carbonyl (C=O) groups is 2. The summed E-state index contributed by atoms with van der Waals surface area (Å²) < 4.78 is 15.5. The van der Waals surface area contributed by atoms with Gasteiger partial charge in [-0.25, -0.2) is 4.39 Å². The van der Waals surface area contributed by atoms with Crippen LogP contribution >= 0.6 is 0 Å². The van der Waals surface area contributed by atoms with Crippen molar-refractivity contribution >= 4 is 23.6 Å². The molecular formula is C23H23FN6O2. The second kappa shape index (κ2) is 9.51. The zero-order valence-electron chi connectivity index (χ0n) is 17.6. The predicted molar refractivity (Wildman–Crippen MR) is 117 cm³/mol. The van der Waals surface area contributed by atoms with Gasteiger partial charge < -0.3 is 10.2 Å². The fraction of sp³-hybridized carbons (Fsp3) is 0.261. The number of hydrogen-bond acceptors (Lipinski definition) is 5. The molecule has 1 aromatic heterocycles. The normalized spacial score (nSPS) is 14.6. The van der Waals surface area contributed by atoms with Gasteiger partial charge in [-0.1, -0.05) is 30.3 Å². The number of hydrogen-bond donors (Lipinski definition) is 1. The Bertz CT molecular complexity index is 1140. The van der Waals surface area contributed by atoms with Crippen LogP contribution in [0, 0.1) is 18.7 Å². The number of benzene rings is 2. The van der Waals surface area contributed by atoms with Crippen molar-refractivity contribution in [3.8, 4) is 5.69 Å². The summed E-state index contributed by atoms with van der Waals surface area (Å²) in [4.78, 5) is 26.9. The fourth-order valence-electron chi connectivity index (χ4n) is 3.65. The minimum Gasteiger partial charge on any atom is -0.339 e. The highest BCUT2D eigenvalue weighted by atomic mass is 19.1. The molecule has 1 N–H and O–H groups in total. The summed E-state index contributed by atoms with van der Waals surface area (Å²) in [6.07, 6.45) is 4.49. The van der Waals surface area contributed by atoms with Crippen LogP contribution in [0.2, 0.25) is 0 Å². The van der Waals surface area contributed by atoms with E-state index in [1.165, 1.54) is 22.9 Å². The van der Waals surface area contributed by atoms with Crippen LogP contribution in [0.3, 0.4) is 0 Å². The smallest absolute Gasteiger partial charge is 0.246 e. The molecule has 2 heterocycles. The summed E-state index contributed by atoms with van der Waals surface area (Å²) in [5.41, 5.74) is 1.59. The highest BCUT2D eigenvalue weighted by molar-refractivity contribution is 5.94. The van der Waals surface area contributed by atoms with Crippen molar-refractivity contribution in [2.24, 2.45) is 5.92 Å². The van der Waals surface area contributed by atoms with Gasteiger partial charge in [-0.05, 0) is 60.0 Å². The van der Waals surface area contributed by atoms with Crippen molar-refractivity contribution in [2.45, 2.75) is 19.8 Å². The number of piperidine rings is 1. The minimum absolute atomic E-state index is 0.0623. The standard InChI is InChI=1S/C23H23FN6O2/c1-16-26-27-28-30(16)21-15-19(8-9-20(21)24)25-23(32)18-11-13-29(14-12-18)22(31)10-7-17-5-3-2-4-6-17/h2-10,15,18H,11-14H2,1H3,(H,25,32)/b10-7+. The maximum Gasteiger partial charge on any atom is 0.246 e. The first-order chi connectivity index (χ1) is 15.5. The van der Waals surface area contributed by atoms with Gasteiger partial charge in [0.25, 0.3) is 0 Å². The van der Waals surface area contributed by atoms with Gasteiger partial charge in [-0.15, -0.1) is 5.10 Å². The van der Waals surface area contributed by atoms with Crippen LogP contribution in [0.15, 0.2) is 54.6 Å². The number of aryl methyl sites for hydroxylation is 1. The van der Waals surface area contributed by atoms with E-state index in [9.17, 15) is 14.0 Å². The lowest BCUT2D eigenvalue weighted by Gasteiger charge is -2.30. The first kappa shape index (κ1) is 21.4. The van der Waals surface area contributed by atoms with Gasteiger partial charge in [0, 0.05) is 30.8 Å². The van der Waals surface area contributed by atoms with E-state index in [0.717, 1.165) is 5.56 Å². The Morgan fingerprint density at radius 3 is 2.56 bits per heavy atom.